The van der Waals surface area contributed by atoms with Crippen molar-refractivity contribution in [2.45, 2.75) is 41.5 Å². The fourth-order valence-electron chi connectivity index (χ4n) is 3.68. The molecule has 1 N–H and O–H groups in total. The zero-order valence-corrected chi connectivity index (χ0v) is 18.7. The number of amides is 2. The van der Waals surface area contributed by atoms with Gasteiger partial charge in [0.25, 0.3) is 0 Å². The molecule has 1 aromatic rings. The van der Waals surface area contributed by atoms with Crippen LogP contribution in [0.3, 0.4) is 0 Å². The number of anilines is 1. The third-order valence-electron chi connectivity index (χ3n) is 5.27. The summed E-state index contributed by atoms with van der Waals surface area (Å²) in [5, 5.41) is 2.84. The van der Waals surface area contributed by atoms with E-state index in [1.165, 1.54) is 10.5 Å². The van der Waals surface area contributed by atoms with Crippen molar-refractivity contribution in [2.75, 3.05) is 32.1 Å². The van der Waals surface area contributed by atoms with E-state index < -0.39 is 0 Å². The van der Waals surface area contributed by atoms with Crippen molar-refractivity contribution in [1.82, 2.24) is 4.90 Å². The van der Waals surface area contributed by atoms with Crippen LogP contribution in [0, 0.1) is 17.3 Å². The Labute approximate surface area is 174 Å². The van der Waals surface area contributed by atoms with Crippen LogP contribution in [-0.2, 0) is 9.59 Å². The smallest absolute Gasteiger partial charge is 0.243 e. The first kappa shape index (κ1) is 22.8. The Bertz CT molecular complexity index is 781. The van der Waals surface area contributed by atoms with Crippen molar-refractivity contribution in [2.24, 2.45) is 17.3 Å². The average Bonchev–Trinajstić information content (AvgIpc) is 3.15. The number of hydrogen-bond donors (Lipinski definition) is 1. The summed E-state index contributed by atoms with van der Waals surface area (Å²) in [6.07, 6.45) is 2.16. The summed E-state index contributed by atoms with van der Waals surface area (Å²) in [6, 6.07) is 5.28. The second-order valence-corrected chi connectivity index (χ2v) is 8.34. The van der Waals surface area contributed by atoms with E-state index in [4.69, 9.17) is 9.47 Å². The lowest BCUT2D eigenvalue weighted by atomic mass is 10.1. The number of nitrogens with one attached hydrogen (secondary N) is 1. The molecular formula is C23H34N2O4. The van der Waals surface area contributed by atoms with Crippen molar-refractivity contribution < 1.29 is 19.1 Å². The molecule has 2 atom stereocenters. The van der Waals surface area contributed by atoms with Crippen LogP contribution in [0.15, 0.2) is 29.8 Å². The molecule has 1 fully saturated rings. The van der Waals surface area contributed by atoms with E-state index in [1.807, 2.05) is 27.7 Å². The van der Waals surface area contributed by atoms with Crippen LogP contribution in [0.5, 0.6) is 11.5 Å². The maximum absolute atomic E-state index is 12.8. The van der Waals surface area contributed by atoms with Crippen LogP contribution in [0.1, 0.15) is 41.5 Å². The van der Waals surface area contributed by atoms with Gasteiger partial charge in [-0.2, -0.15) is 0 Å². The van der Waals surface area contributed by atoms with Gasteiger partial charge in [0.2, 0.25) is 11.8 Å². The molecule has 6 heteroatoms. The summed E-state index contributed by atoms with van der Waals surface area (Å²) >= 11 is 0. The third kappa shape index (κ3) is 5.52. The van der Waals surface area contributed by atoms with Gasteiger partial charge in [-0.25, -0.2) is 0 Å². The fraction of sp³-hybridized carbons (Fsp3) is 0.565. The summed E-state index contributed by atoms with van der Waals surface area (Å²) in [4.78, 5) is 26.8. The molecule has 6 nitrogen and oxygen atoms in total. The highest BCUT2D eigenvalue weighted by Gasteiger charge is 2.61. The van der Waals surface area contributed by atoms with Crippen molar-refractivity contribution in [1.29, 1.82) is 0 Å². The Morgan fingerprint density at radius 1 is 1.14 bits per heavy atom. The number of carbonyl (C=O) groups excluding carboxylic acids is 2. The zero-order valence-electron chi connectivity index (χ0n) is 18.7. The van der Waals surface area contributed by atoms with Gasteiger partial charge in [-0.3, -0.25) is 9.59 Å². The Hall–Kier alpha value is -2.50. The summed E-state index contributed by atoms with van der Waals surface area (Å²) in [6.45, 7) is 13.1. The minimum atomic E-state index is -0.246. The summed E-state index contributed by atoms with van der Waals surface area (Å²) in [5.74, 6) is 1.14. The average molecular weight is 403 g/mol. The first-order valence-electron chi connectivity index (χ1n) is 10.2. The molecule has 1 aliphatic rings. The molecule has 0 aromatic heterocycles. The van der Waals surface area contributed by atoms with Crippen LogP contribution in [0.25, 0.3) is 0 Å². The highest BCUT2D eigenvalue weighted by atomic mass is 16.5. The summed E-state index contributed by atoms with van der Waals surface area (Å²) < 4.78 is 11.1. The SMILES string of the molecule is CCOc1ccc(NC(=O)CN(C)C(=O)[C@H]2[C@H](C=C(C)C)C2(C)C)cc1OCC. The van der Waals surface area contributed by atoms with Gasteiger partial charge in [0.1, 0.15) is 0 Å². The number of benzene rings is 1. The molecule has 0 saturated heterocycles. The van der Waals surface area contributed by atoms with Gasteiger partial charge in [-0.1, -0.05) is 25.5 Å². The van der Waals surface area contributed by atoms with Gasteiger partial charge in [0.05, 0.1) is 25.7 Å². The van der Waals surface area contributed by atoms with Crippen LogP contribution in [-0.4, -0.2) is 43.5 Å². The van der Waals surface area contributed by atoms with E-state index in [-0.39, 0.29) is 35.6 Å². The van der Waals surface area contributed by atoms with Crippen molar-refractivity contribution >= 4 is 17.5 Å². The van der Waals surface area contributed by atoms with E-state index in [0.717, 1.165) is 0 Å². The highest BCUT2D eigenvalue weighted by molar-refractivity contribution is 5.95. The zero-order chi connectivity index (χ0) is 21.8. The van der Waals surface area contributed by atoms with E-state index in [9.17, 15) is 9.59 Å². The molecule has 29 heavy (non-hydrogen) atoms. The van der Waals surface area contributed by atoms with Crippen molar-refractivity contribution in [3.05, 3.63) is 29.8 Å². The van der Waals surface area contributed by atoms with E-state index in [0.29, 0.717) is 30.4 Å². The minimum absolute atomic E-state index is 0.00410. The normalized spacial score (nSPS) is 19.1. The molecular weight excluding hydrogens is 368 g/mol. The second kappa shape index (κ2) is 9.33. The number of rotatable bonds is 9. The lowest BCUT2D eigenvalue weighted by Crippen LogP contribution is -2.36. The number of allylic oxidation sites excluding steroid dienone is 2. The topological polar surface area (TPSA) is 67.9 Å². The third-order valence-corrected chi connectivity index (χ3v) is 5.27. The van der Waals surface area contributed by atoms with Crippen LogP contribution < -0.4 is 14.8 Å². The Balaban J connectivity index is 1.99. The lowest BCUT2D eigenvalue weighted by molar-refractivity contribution is -0.135. The fourth-order valence-corrected chi connectivity index (χ4v) is 3.68. The van der Waals surface area contributed by atoms with Gasteiger partial charge < -0.3 is 19.7 Å². The first-order valence-corrected chi connectivity index (χ1v) is 10.2. The van der Waals surface area contributed by atoms with E-state index in [1.54, 1.807) is 25.2 Å². The van der Waals surface area contributed by atoms with Gasteiger partial charge in [0.15, 0.2) is 11.5 Å². The molecule has 2 amide bonds. The van der Waals surface area contributed by atoms with Gasteiger partial charge in [0, 0.05) is 18.8 Å². The number of ether oxygens (including phenoxy) is 2. The van der Waals surface area contributed by atoms with E-state index in [2.05, 4.69) is 25.2 Å². The standard InChI is InChI=1S/C23H34N2O4/c1-8-28-18-11-10-16(13-19(18)29-9-2)24-20(26)14-25(7)22(27)21-17(12-15(3)4)23(21,5)6/h10-13,17,21H,8-9,14H2,1-7H3,(H,24,26)/t17-,21+/m0/s1. The Morgan fingerprint density at radius 2 is 1.76 bits per heavy atom. The maximum atomic E-state index is 12.8. The number of hydrogen-bond acceptors (Lipinski definition) is 4. The summed E-state index contributed by atoms with van der Waals surface area (Å²) in [7, 11) is 1.68. The molecule has 1 aliphatic carbocycles. The van der Waals surface area contributed by atoms with Crippen LogP contribution in [0.2, 0.25) is 0 Å². The second-order valence-electron chi connectivity index (χ2n) is 8.34. The maximum Gasteiger partial charge on any atom is 0.243 e. The lowest BCUT2D eigenvalue weighted by Gasteiger charge is -2.18. The molecule has 0 bridgehead atoms. The molecule has 2 rings (SSSR count). The van der Waals surface area contributed by atoms with E-state index >= 15 is 0 Å². The molecule has 0 unspecified atom stereocenters. The van der Waals surface area contributed by atoms with Gasteiger partial charge >= 0.3 is 0 Å². The quantitative estimate of drug-likeness (QED) is 0.631. The Morgan fingerprint density at radius 3 is 2.34 bits per heavy atom. The van der Waals surface area contributed by atoms with Crippen LogP contribution in [0.4, 0.5) is 5.69 Å². The molecule has 0 aliphatic heterocycles. The van der Waals surface area contributed by atoms with Crippen molar-refractivity contribution in [3.8, 4) is 11.5 Å². The predicted molar refractivity (Wildman–Crippen MR) is 115 cm³/mol. The van der Waals surface area contributed by atoms with Gasteiger partial charge in [-0.05, 0) is 51.2 Å². The number of nitrogens with zero attached hydrogens (tertiary/aromatic N) is 1. The number of carbonyl (C=O) groups is 2. The highest BCUT2D eigenvalue weighted by Crippen LogP contribution is 2.59. The molecule has 0 spiro atoms. The molecule has 1 saturated carbocycles. The number of likely N-dealkylation sites (N-methyl/N-ethyl adjacent to an activating group) is 1. The van der Waals surface area contributed by atoms with Gasteiger partial charge in [-0.15, -0.1) is 0 Å². The molecule has 0 heterocycles. The molecule has 1 aromatic carbocycles. The molecule has 0 radical (unpaired) electrons. The largest absolute Gasteiger partial charge is 0.490 e. The molecule has 160 valence electrons. The summed E-state index contributed by atoms with van der Waals surface area (Å²) in [5.41, 5.74) is 1.75. The Kier molecular flexibility index (Phi) is 7.33. The minimum Gasteiger partial charge on any atom is -0.490 e. The van der Waals surface area contributed by atoms with Crippen LogP contribution >= 0.6 is 0 Å². The van der Waals surface area contributed by atoms with Crippen molar-refractivity contribution in [3.63, 3.8) is 0 Å². The predicted octanol–water partition coefficient (Wildman–Crippen LogP) is 4.12. The monoisotopic (exact) mass is 402 g/mol. The first-order chi connectivity index (χ1) is 13.6.